The van der Waals surface area contributed by atoms with E-state index in [-0.39, 0.29) is 11.7 Å². The van der Waals surface area contributed by atoms with Crippen molar-refractivity contribution in [3.05, 3.63) is 41.5 Å². The lowest BCUT2D eigenvalue weighted by Gasteiger charge is -2.22. The van der Waals surface area contributed by atoms with E-state index in [1.54, 1.807) is 6.08 Å². The number of carbonyl (C=O) groups excluding carboxylic acids is 1. The van der Waals surface area contributed by atoms with Crippen LogP contribution in [0.15, 0.2) is 30.3 Å². The Morgan fingerprint density at radius 3 is 2.25 bits per heavy atom. The summed E-state index contributed by atoms with van der Waals surface area (Å²) in [5.74, 6) is 0.204. The Bertz CT molecular complexity index is 454. The molecule has 0 saturated heterocycles. The first-order valence-electron chi connectivity index (χ1n) is 6.96. The minimum Gasteiger partial charge on any atom is -0.309 e. The molecule has 110 valence electrons. The van der Waals surface area contributed by atoms with Gasteiger partial charge in [0.1, 0.15) is 0 Å². The van der Waals surface area contributed by atoms with Gasteiger partial charge in [0, 0.05) is 19.0 Å². The SMILES string of the molecule is Cc1cccc(/C=C\C(=O)C(CN(C)C)CN(C)C)c1. The van der Waals surface area contributed by atoms with Crippen LogP contribution in [0.3, 0.4) is 0 Å². The number of benzene rings is 1. The van der Waals surface area contributed by atoms with Gasteiger partial charge in [-0.1, -0.05) is 35.9 Å². The lowest BCUT2D eigenvalue weighted by Crippen LogP contribution is -2.34. The molecule has 0 saturated carbocycles. The van der Waals surface area contributed by atoms with E-state index in [4.69, 9.17) is 0 Å². The minimum absolute atomic E-state index is 0.0149. The lowest BCUT2D eigenvalue weighted by molar-refractivity contribution is -0.119. The largest absolute Gasteiger partial charge is 0.309 e. The van der Waals surface area contributed by atoms with E-state index in [9.17, 15) is 4.79 Å². The summed E-state index contributed by atoms with van der Waals surface area (Å²) < 4.78 is 0. The van der Waals surface area contributed by atoms with Crippen molar-refractivity contribution in [3.8, 4) is 0 Å². The zero-order chi connectivity index (χ0) is 15.1. The van der Waals surface area contributed by atoms with E-state index >= 15 is 0 Å². The molecular weight excluding hydrogens is 248 g/mol. The first-order valence-corrected chi connectivity index (χ1v) is 6.96. The smallest absolute Gasteiger partial charge is 0.161 e. The minimum atomic E-state index is 0.0149. The Morgan fingerprint density at radius 1 is 1.15 bits per heavy atom. The van der Waals surface area contributed by atoms with Crippen LogP contribution in [0, 0.1) is 12.8 Å². The summed E-state index contributed by atoms with van der Waals surface area (Å²) in [6.07, 6.45) is 3.63. The van der Waals surface area contributed by atoms with Crippen molar-refractivity contribution < 1.29 is 4.79 Å². The van der Waals surface area contributed by atoms with Crippen LogP contribution in [0.25, 0.3) is 6.08 Å². The molecule has 0 aliphatic rings. The van der Waals surface area contributed by atoms with Gasteiger partial charge in [-0.15, -0.1) is 0 Å². The third-order valence-corrected chi connectivity index (χ3v) is 3.06. The van der Waals surface area contributed by atoms with E-state index < -0.39 is 0 Å². The van der Waals surface area contributed by atoms with E-state index in [1.807, 2.05) is 46.4 Å². The molecule has 0 aromatic heterocycles. The van der Waals surface area contributed by atoms with Crippen LogP contribution in [-0.4, -0.2) is 56.9 Å². The maximum Gasteiger partial charge on any atom is 0.161 e. The van der Waals surface area contributed by atoms with E-state index in [0.29, 0.717) is 0 Å². The zero-order valence-corrected chi connectivity index (χ0v) is 13.3. The molecule has 0 spiro atoms. The van der Waals surface area contributed by atoms with Gasteiger partial charge in [0.15, 0.2) is 5.78 Å². The quantitative estimate of drug-likeness (QED) is 0.713. The molecular formula is C17H26N2O. The van der Waals surface area contributed by atoms with Crippen LogP contribution in [0.5, 0.6) is 0 Å². The van der Waals surface area contributed by atoms with Crippen molar-refractivity contribution >= 4 is 11.9 Å². The van der Waals surface area contributed by atoms with E-state index in [1.165, 1.54) is 5.56 Å². The summed E-state index contributed by atoms with van der Waals surface area (Å²) in [6, 6.07) is 8.16. The number of carbonyl (C=O) groups is 1. The fraction of sp³-hybridized carbons (Fsp3) is 0.471. The molecule has 0 radical (unpaired) electrons. The highest BCUT2D eigenvalue weighted by Gasteiger charge is 2.17. The molecule has 0 N–H and O–H groups in total. The molecule has 1 rings (SSSR count). The number of aryl methyl sites for hydroxylation is 1. The Hall–Kier alpha value is -1.45. The van der Waals surface area contributed by atoms with E-state index in [0.717, 1.165) is 18.7 Å². The summed E-state index contributed by atoms with van der Waals surface area (Å²) >= 11 is 0. The standard InChI is InChI=1S/C17H26N2O/c1-14-7-6-8-15(11-14)9-10-17(20)16(12-18(2)3)13-19(4)5/h6-11,16H,12-13H2,1-5H3/b10-9-. The van der Waals surface area contributed by atoms with Gasteiger partial charge in [0.2, 0.25) is 0 Å². The van der Waals surface area contributed by atoms with Crippen molar-refractivity contribution in [1.82, 2.24) is 9.80 Å². The third kappa shape index (κ3) is 6.13. The summed E-state index contributed by atoms with van der Waals surface area (Å²) in [7, 11) is 8.00. The molecule has 0 unspecified atom stereocenters. The van der Waals surface area contributed by atoms with Crippen LogP contribution in [0.2, 0.25) is 0 Å². The first kappa shape index (κ1) is 16.6. The normalized spacial score (nSPS) is 12.0. The number of hydrogen-bond acceptors (Lipinski definition) is 3. The maximum absolute atomic E-state index is 12.3. The van der Waals surface area contributed by atoms with Gasteiger partial charge in [-0.25, -0.2) is 0 Å². The number of hydrogen-bond donors (Lipinski definition) is 0. The van der Waals surface area contributed by atoms with Crippen LogP contribution in [0.1, 0.15) is 11.1 Å². The lowest BCUT2D eigenvalue weighted by atomic mass is 10.0. The topological polar surface area (TPSA) is 23.6 Å². The second-order valence-corrected chi connectivity index (χ2v) is 5.87. The van der Waals surface area contributed by atoms with Crippen molar-refractivity contribution in [3.63, 3.8) is 0 Å². The Balaban J connectivity index is 2.74. The fourth-order valence-electron chi connectivity index (χ4n) is 2.21. The molecule has 0 aliphatic heterocycles. The van der Waals surface area contributed by atoms with Crippen LogP contribution in [-0.2, 0) is 4.79 Å². The average molecular weight is 274 g/mol. The van der Waals surface area contributed by atoms with Gasteiger partial charge < -0.3 is 9.80 Å². The Morgan fingerprint density at radius 2 is 1.75 bits per heavy atom. The summed E-state index contributed by atoms with van der Waals surface area (Å²) in [6.45, 7) is 3.60. The van der Waals surface area contributed by atoms with Gasteiger partial charge in [-0.05, 0) is 46.8 Å². The highest BCUT2D eigenvalue weighted by Crippen LogP contribution is 2.09. The number of ketones is 1. The second kappa shape index (κ2) is 7.98. The van der Waals surface area contributed by atoms with E-state index in [2.05, 4.69) is 28.9 Å². The van der Waals surface area contributed by atoms with Gasteiger partial charge in [-0.3, -0.25) is 4.79 Å². The van der Waals surface area contributed by atoms with Crippen LogP contribution in [0.4, 0.5) is 0 Å². The monoisotopic (exact) mass is 274 g/mol. The van der Waals surface area contributed by atoms with Crippen molar-refractivity contribution in [2.24, 2.45) is 5.92 Å². The molecule has 0 aliphatic carbocycles. The predicted molar refractivity (Wildman–Crippen MR) is 85.8 cm³/mol. The second-order valence-electron chi connectivity index (χ2n) is 5.87. The van der Waals surface area contributed by atoms with Gasteiger partial charge in [0.25, 0.3) is 0 Å². The molecule has 0 amide bonds. The molecule has 1 aromatic carbocycles. The summed E-state index contributed by atoms with van der Waals surface area (Å²) in [4.78, 5) is 16.5. The number of nitrogens with zero attached hydrogens (tertiary/aromatic N) is 2. The van der Waals surface area contributed by atoms with Gasteiger partial charge >= 0.3 is 0 Å². The Labute approximate surface area is 122 Å². The van der Waals surface area contributed by atoms with Crippen molar-refractivity contribution in [2.75, 3.05) is 41.3 Å². The van der Waals surface area contributed by atoms with Crippen LogP contribution >= 0.6 is 0 Å². The molecule has 0 fully saturated rings. The van der Waals surface area contributed by atoms with Gasteiger partial charge in [-0.2, -0.15) is 0 Å². The van der Waals surface area contributed by atoms with Crippen molar-refractivity contribution in [2.45, 2.75) is 6.92 Å². The average Bonchev–Trinajstić information content (AvgIpc) is 2.34. The highest BCUT2D eigenvalue weighted by atomic mass is 16.1. The Kier molecular flexibility index (Phi) is 6.62. The first-order chi connectivity index (χ1) is 9.38. The molecule has 0 heterocycles. The number of allylic oxidation sites excluding steroid dienone is 1. The molecule has 0 atom stereocenters. The molecule has 3 nitrogen and oxygen atoms in total. The predicted octanol–water partition coefficient (Wildman–Crippen LogP) is 2.32. The summed E-state index contributed by atoms with van der Waals surface area (Å²) in [5, 5.41) is 0. The molecule has 1 aromatic rings. The zero-order valence-electron chi connectivity index (χ0n) is 13.3. The summed E-state index contributed by atoms with van der Waals surface area (Å²) in [5.41, 5.74) is 2.28. The molecule has 3 heteroatoms. The van der Waals surface area contributed by atoms with Gasteiger partial charge in [0.05, 0.1) is 0 Å². The molecule has 0 bridgehead atoms. The number of rotatable bonds is 7. The fourth-order valence-corrected chi connectivity index (χ4v) is 2.21. The van der Waals surface area contributed by atoms with Crippen molar-refractivity contribution in [1.29, 1.82) is 0 Å². The maximum atomic E-state index is 12.3. The molecule has 20 heavy (non-hydrogen) atoms. The van der Waals surface area contributed by atoms with Crippen LogP contribution < -0.4 is 0 Å². The highest BCUT2D eigenvalue weighted by molar-refractivity contribution is 5.95. The third-order valence-electron chi connectivity index (χ3n) is 3.06.